The van der Waals surface area contributed by atoms with Gasteiger partial charge in [-0.25, -0.2) is 4.68 Å². The molecule has 1 aromatic heterocycles. The summed E-state index contributed by atoms with van der Waals surface area (Å²) in [6, 6.07) is 0.518. The topological polar surface area (TPSA) is 68.1 Å². The maximum absolute atomic E-state index is 12.5. The average molecular weight is 278 g/mol. The number of hydrogen-bond acceptors (Lipinski definition) is 4. The van der Waals surface area contributed by atoms with Crippen molar-refractivity contribution < 1.29 is 9.59 Å². The van der Waals surface area contributed by atoms with Crippen molar-refractivity contribution in [3.8, 4) is 0 Å². The third kappa shape index (κ3) is 3.43. The number of amides is 1. The van der Waals surface area contributed by atoms with Crippen molar-refractivity contribution in [2.24, 2.45) is 0 Å². The lowest BCUT2D eigenvalue weighted by Crippen LogP contribution is -2.47. The molecule has 0 unspecified atom stereocenters. The van der Waals surface area contributed by atoms with E-state index in [9.17, 15) is 9.59 Å². The molecule has 1 aliphatic rings. The Morgan fingerprint density at radius 1 is 1.45 bits per heavy atom. The first-order valence-corrected chi connectivity index (χ1v) is 7.28. The summed E-state index contributed by atoms with van der Waals surface area (Å²) >= 11 is 0. The van der Waals surface area contributed by atoms with Crippen LogP contribution in [0.4, 0.5) is 0 Å². The Kier molecular flexibility index (Phi) is 4.87. The summed E-state index contributed by atoms with van der Waals surface area (Å²) in [5.74, 6) is 0.0502. The molecular formula is C14H22N4O2. The number of carbonyl (C=O) groups excluding carboxylic acids is 2. The van der Waals surface area contributed by atoms with Crippen LogP contribution in [0.2, 0.25) is 0 Å². The molecule has 0 aromatic carbocycles. The quantitative estimate of drug-likeness (QED) is 0.768. The smallest absolute Gasteiger partial charge is 0.244 e. The Hall–Kier alpha value is -1.72. The molecule has 0 N–H and O–H groups in total. The molecule has 1 saturated carbocycles. The Bertz CT molecular complexity index is 463. The summed E-state index contributed by atoms with van der Waals surface area (Å²) in [6.45, 7) is 4.24. The van der Waals surface area contributed by atoms with Crippen LogP contribution in [0, 0.1) is 0 Å². The van der Waals surface area contributed by atoms with Crippen molar-refractivity contribution in [2.75, 3.05) is 0 Å². The zero-order valence-corrected chi connectivity index (χ0v) is 12.2. The fourth-order valence-electron chi connectivity index (χ4n) is 2.94. The summed E-state index contributed by atoms with van der Waals surface area (Å²) in [5, 5.41) is 7.48. The zero-order valence-electron chi connectivity index (χ0n) is 12.2. The fraction of sp³-hybridized carbons (Fsp3) is 0.714. The number of carbonyl (C=O) groups is 2. The minimum Gasteiger partial charge on any atom is -0.336 e. The van der Waals surface area contributed by atoms with Gasteiger partial charge in [-0.2, -0.15) is 0 Å². The molecule has 0 saturated heterocycles. The molecule has 1 aromatic rings. The summed E-state index contributed by atoms with van der Waals surface area (Å²) in [7, 11) is 0. The molecule has 0 aliphatic heterocycles. The predicted octanol–water partition coefficient (Wildman–Crippen LogP) is 1.66. The number of aromatic nitrogens is 3. The first-order valence-electron chi connectivity index (χ1n) is 7.28. The van der Waals surface area contributed by atoms with E-state index in [2.05, 4.69) is 10.3 Å². The Labute approximate surface area is 119 Å². The summed E-state index contributed by atoms with van der Waals surface area (Å²) in [4.78, 5) is 25.1. The van der Waals surface area contributed by atoms with E-state index >= 15 is 0 Å². The lowest BCUT2D eigenvalue weighted by molar-refractivity contribution is -0.137. The highest BCUT2D eigenvalue weighted by molar-refractivity contribution is 5.77. The standard InChI is InChI=1S/C14H22N4O2/c1-11(2)18(13-6-4-3-5-7-13)14(20)9-17-8-12(10-19)15-16-17/h8,10-11,13H,3-7,9H2,1-2H3. The molecule has 0 radical (unpaired) electrons. The molecule has 1 amide bonds. The first kappa shape index (κ1) is 14.7. The van der Waals surface area contributed by atoms with E-state index in [-0.39, 0.29) is 24.2 Å². The highest BCUT2D eigenvalue weighted by Crippen LogP contribution is 2.24. The van der Waals surface area contributed by atoms with Gasteiger partial charge in [0.05, 0.1) is 6.20 Å². The molecule has 2 rings (SSSR count). The normalized spacial score (nSPS) is 16.4. The van der Waals surface area contributed by atoms with Crippen LogP contribution in [0.3, 0.4) is 0 Å². The third-order valence-electron chi connectivity index (χ3n) is 3.79. The molecule has 0 atom stereocenters. The fourth-order valence-corrected chi connectivity index (χ4v) is 2.94. The maximum Gasteiger partial charge on any atom is 0.244 e. The molecular weight excluding hydrogens is 256 g/mol. The molecule has 6 nitrogen and oxygen atoms in total. The van der Waals surface area contributed by atoms with E-state index in [1.54, 1.807) is 0 Å². The monoisotopic (exact) mass is 278 g/mol. The summed E-state index contributed by atoms with van der Waals surface area (Å²) in [5.41, 5.74) is 0.256. The van der Waals surface area contributed by atoms with Gasteiger partial charge in [-0.05, 0) is 26.7 Å². The molecule has 0 spiro atoms. The highest BCUT2D eigenvalue weighted by Gasteiger charge is 2.27. The van der Waals surface area contributed by atoms with Gasteiger partial charge in [0.2, 0.25) is 5.91 Å². The van der Waals surface area contributed by atoms with Crippen LogP contribution >= 0.6 is 0 Å². The van der Waals surface area contributed by atoms with Gasteiger partial charge in [0.15, 0.2) is 6.29 Å². The van der Waals surface area contributed by atoms with Crippen LogP contribution < -0.4 is 0 Å². The minimum absolute atomic E-state index is 0.0502. The predicted molar refractivity (Wildman–Crippen MR) is 74.3 cm³/mol. The van der Waals surface area contributed by atoms with Crippen molar-refractivity contribution in [1.82, 2.24) is 19.9 Å². The maximum atomic E-state index is 12.5. The van der Waals surface area contributed by atoms with Gasteiger partial charge >= 0.3 is 0 Å². The minimum atomic E-state index is 0.0502. The SMILES string of the molecule is CC(C)N(C(=O)Cn1cc(C=O)nn1)C1CCCCC1. The van der Waals surface area contributed by atoms with Crippen molar-refractivity contribution in [3.63, 3.8) is 0 Å². The number of hydrogen-bond donors (Lipinski definition) is 0. The second kappa shape index (κ2) is 6.63. The molecule has 110 valence electrons. The van der Waals surface area contributed by atoms with Gasteiger partial charge in [-0.3, -0.25) is 9.59 Å². The van der Waals surface area contributed by atoms with Gasteiger partial charge in [0.1, 0.15) is 12.2 Å². The van der Waals surface area contributed by atoms with Crippen LogP contribution in [0.1, 0.15) is 56.4 Å². The van der Waals surface area contributed by atoms with E-state index < -0.39 is 0 Å². The van der Waals surface area contributed by atoms with E-state index in [0.717, 1.165) is 12.8 Å². The average Bonchev–Trinajstić information content (AvgIpc) is 2.87. The molecule has 1 fully saturated rings. The van der Waals surface area contributed by atoms with Crippen molar-refractivity contribution in [3.05, 3.63) is 11.9 Å². The Morgan fingerprint density at radius 2 is 2.15 bits per heavy atom. The lowest BCUT2D eigenvalue weighted by Gasteiger charge is -2.37. The van der Waals surface area contributed by atoms with Gasteiger partial charge in [0.25, 0.3) is 0 Å². The first-order chi connectivity index (χ1) is 9.61. The van der Waals surface area contributed by atoms with Gasteiger partial charge in [-0.1, -0.05) is 24.5 Å². The van der Waals surface area contributed by atoms with E-state index in [0.29, 0.717) is 12.3 Å². The second-order valence-corrected chi connectivity index (χ2v) is 5.65. The van der Waals surface area contributed by atoms with E-state index in [1.807, 2.05) is 18.7 Å². The molecule has 0 bridgehead atoms. The Balaban J connectivity index is 2.04. The summed E-state index contributed by atoms with van der Waals surface area (Å²) < 4.78 is 1.43. The highest BCUT2D eigenvalue weighted by atomic mass is 16.2. The van der Waals surface area contributed by atoms with Gasteiger partial charge in [0, 0.05) is 12.1 Å². The number of aldehydes is 1. The van der Waals surface area contributed by atoms with Crippen LogP contribution in [-0.2, 0) is 11.3 Å². The van der Waals surface area contributed by atoms with Crippen LogP contribution in [0.5, 0.6) is 0 Å². The van der Waals surface area contributed by atoms with Crippen LogP contribution in [0.25, 0.3) is 0 Å². The summed E-state index contributed by atoms with van der Waals surface area (Å²) in [6.07, 6.45) is 7.96. The lowest BCUT2D eigenvalue weighted by atomic mass is 9.93. The molecule has 20 heavy (non-hydrogen) atoms. The number of rotatable bonds is 5. The molecule has 1 aliphatic carbocycles. The van der Waals surface area contributed by atoms with E-state index in [4.69, 9.17) is 0 Å². The van der Waals surface area contributed by atoms with Crippen LogP contribution in [0.15, 0.2) is 6.20 Å². The Morgan fingerprint density at radius 3 is 2.70 bits per heavy atom. The van der Waals surface area contributed by atoms with Gasteiger partial charge < -0.3 is 4.90 Å². The largest absolute Gasteiger partial charge is 0.336 e. The van der Waals surface area contributed by atoms with Gasteiger partial charge in [-0.15, -0.1) is 5.10 Å². The second-order valence-electron chi connectivity index (χ2n) is 5.65. The van der Waals surface area contributed by atoms with Crippen molar-refractivity contribution in [2.45, 2.75) is 64.6 Å². The zero-order chi connectivity index (χ0) is 14.5. The number of nitrogens with zero attached hydrogens (tertiary/aromatic N) is 4. The molecule has 6 heteroatoms. The van der Waals surface area contributed by atoms with Crippen molar-refractivity contribution >= 4 is 12.2 Å². The molecule has 1 heterocycles. The van der Waals surface area contributed by atoms with E-state index in [1.165, 1.54) is 30.1 Å². The van der Waals surface area contributed by atoms with Crippen molar-refractivity contribution in [1.29, 1.82) is 0 Å². The third-order valence-corrected chi connectivity index (χ3v) is 3.79. The van der Waals surface area contributed by atoms with Crippen LogP contribution in [-0.4, -0.2) is 44.2 Å².